The Labute approximate surface area is 116 Å². The fraction of sp³-hybridized carbons (Fsp3) is 0.308. The third-order valence-electron chi connectivity index (χ3n) is 2.80. The van der Waals surface area contributed by atoms with Gasteiger partial charge in [0.15, 0.2) is 0 Å². The summed E-state index contributed by atoms with van der Waals surface area (Å²) in [6.07, 6.45) is 1.77. The number of aromatic nitrogens is 2. The molecule has 4 nitrogen and oxygen atoms in total. The predicted molar refractivity (Wildman–Crippen MR) is 79.1 cm³/mol. The Morgan fingerprint density at radius 2 is 2.11 bits per heavy atom. The van der Waals surface area contributed by atoms with Gasteiger partial charge in [0, 0.05) is 24.8 Å². The molecule has 0 aliphatic carbocycles. The Morgan fingerprint density at radius 3 is 2.72 bits per heavy atom. The van der Waals surface area contributed by atoms with E-state index in [0.717, 1.165) is 21.5 Å². The SMILES string of the molecule is CC(Nc1cc(Br)ccc1N(C)C)c1ccn[nH]1. The molecule has 0 aliphatic heterocycles. The van der Waals surface area contributed by atoms with Crippen LogP contribution in [-0.4, -0.2) is 24.3 Å². The molecule has 0 saturated heterocycles. The molecule has 5 heteroatoms. The highest BCUT2D eigenvalue weighted by Crippen LogP contribution is 2.30. The van der Waals surface area contributed by atoms with E-state index in [0.29, 0.717) is 0 Å². The molecule has 2 N–H and O–H groups in total. The Morgan fingerprint density at radius 1 is 1.33 bits per heavy atom. The van der Waals surface area contributed by atoms with Crippen LogP contribution >= 0.6 is 15.9 Å². The van der Waals surface area contributed by atoms with Gasteiger partial charge < -0.3 is 10.2 Å². The van der Waals surface area contributed by atoms with Gasteiger partial charge in [0.25, 0.3) is 0 Å². The molecule has 0 aliphatic rings. The first-order chi connectivity index (χ1) is 8.58. The normalized spacial score (nSPS) is 12.2. The Bertz CT molecular complexity index is 508. The van der Waals surface area contributed by atoms with Crippen LogP contribution in [0.3, 0.4) is 0 Å². The molecule has 0 saturated carbocycles. The average Bonchev–Trinajstić information content (AvgIpc) is 2.81. The summed E-state index contributed by atoms with van der Waals surface area (Å²) >= 11 is 3.51. The van der Waals surface area contributed by atoms with Gasteiger partial charge in [-0.25, -0.2) is 0 Å². The Kier molecular flexibility index (Phi) is 3.91. The summed E-state index contributed by atoms with van der Waals surface area (Å²) in [5.74, 6) is 0. The molecule has 0 radical (unpaired) electrons. The average molecular weight is 309 g/mol. The molecule has 0 spiro atoms. The molecule has 18 heavy (non-hydrogen) atoms. The van der Waals surface area contributed by atoms with Gasteiger partial charge in [-0.05, 0) is 31.2 Å². The van der Waals surface area contributed by atoms with E-state index in [4.69, 9.17) is 0 Å². The summed E-state index contributed by atoms with van der Waals surface area (Å²) in [5.41, 5.74) is 3.32. The zero-order valence-electron chi connectivity index (χ0n) is 10.7. The highest BCUT2D eigenvalue weighted by molar-refractivity contribution is 9.10. The van der Waals surface area contributed by atoms with E-state index in [9.17, 15) is 0 Å². The highest BCUT2D eigenvalue weighted by atomic mass is 79.9. The second kappa shape index (κ2) is 5.44. The van der Waals surface area contributed by atoms with Gasteiger partial charge in [0.1, 0.15) is 0 Å². The number of nitrogens with one attached hydrogen (secondary N) is 2. The molecule has 1 aromatic heterocycles. The summed E-state index contributed by atoms with van der Waals surface area (Å²) in [6.45, 7) is 2.11. The number of hydrogen-bond acceptors (Lipinski definition) is 3. The van der Waals surface area contributed by atoms with Crippen LogP contribution in [0.4, 0.5) is 11.4 Å². The van der Waals surface area contributed by atoms with Crippen LogP contribution in [0.15, 0.2) is 34.9 Å². The predicted octanol–water partition coefficient (Wildman–Crippen LogP) is 3.41. The van der Waals surface area contributed by atoms with E-state index in [1.807, 2.05) is 26.2 Å². The lowest BCUT2D eigenvalue weighted by molar-refractivity contribution is 0.824. The Hall–Kier alpha value is -1.49. The number of rotatable bonds is 4. The summed E-state index contributed by atoms with van der Waals surface area (Å²) in [6, 6.07) is 8.38. The molecule has 2 rings (SSSR count). The summed E-state index contributed by atoms with van der Waals surface area (Å²) in [5, 5.41) is 10.5. The van der Waals surface area contributed by atoms with Crippen molar-refractivity contribution < 1.29 is 0 Å². The first-order valence-electron chi connectivity index (χ1n) is 5.80. The lowest BCUT2D eigenvalue weighted by Gasteiger charge is -2.21. The number of H-pyrrole nitrogens is 1. The van der Waals surface area contributed by atoms with Crippen molar-refractivity contribution in [3.05, 3.63) is 40.6 Å². The first kappa shape index (κ1) is 13.0. The molecule has 0 amide bonds. The number of halogens is 1. The molecule has 96 valence electrons. The minimum absolute atomic E-state index is 0.181. The number of anilines is 2. The van der Waals surface area contributed by atoms with Crippen molar-refractivity contribution in [2.75, 3.05) is 24.3 Å². The second-order valence-electron chi connectivity index (χ2n) is 4.43. The van der Waals surface area contributed by atoms with E-state index >= 15 is 0 Å². The van der Waals surface area contributed by atoms with Crippen LogP contribution < -0.4 is 10.2 Å². The second-order valence-corrected chi connectivity index (χ2v) is 5.35. The van der Waals surface area contributed by atoms with Gasteiger partial charge in [-0.1, -0.05) is 15.9 Å². The number of hydrogen-bond donors (Lipinski definition) is 2. The maximum absolute atomic E-state index is 3.98. The monoisotopic (exact) mass is 308 g/mol. The van der Waals surface area contributed by atoms with Crippen LogP contribution in [0.1, 0.15) is 18.7 Å². The van der Waals surface area contributed by atoms with Gasteiger partial charge in [-0.3, -0.25) is 5.10 Å². The van der Waals surface area contributed by atoms with Crippen molar-refractivity contribution in [3.63, 3.8) is 0 Å². The minimum atomic E-state index is 0.181. The zero-order chi connectivity index (χ0) is 13.1. The van der Waals surface area contributed by atoms with Crippen LogP contribution in [0.5, 0.6) is 0 Å². The van der Waals surface area contributed by atoms with Crippen molar-refractivity contribution in [1.82, 2.24) is 10.2 Å². The van der Waals surface area contributed by atoms with Crippen molar-refractivity contribution in [1.29, 1.82) is 0 Å². The third-order valence-corrected chi connectivity index (χ3v) is 3.29. The van der Waals surface area contributed by atoms with E-state index in [1.54, 1.807) is 6.20 Å². The molecule has 1 unspecified atom stereocenters. The number of nitrogens with zero attached hydrogens (tertiary/aromatic N) is 2. The van der Waals surface area contributed by atoms with E-state index < -0.39 is 0 Å². The van der Waals surface area contributed by atoms with E-state index in [-0.39, 0.29) is 6.04 Å². The van der Waals surface area contributed by atoms with Crippen LogP contribution in [0.25, 0.3) is 0 Å². The van der Waals surface area contributed by atoms with Gasteiger partial charge in [0.2, 0.25) is 0 Å². The zero-order valence-corrected chi connectivity index (χ0v) is 12.3. The standard InChI is InChI=1S/C13H17BrN4/c1-9(11-6-7-15-17-11)16-12-8-10(14)4-5-13(12)18(2)3/h4-9,16H,1-3H3,(H,15,17). The fourth-order valence-corrected chi connectivity index (χ4v) is 2.19. The Balaban J connectivity index is 2.25. The lowest BCUT2D eigenvalue weighted by Crippen LogP contribution is -2.14. The van der Waals surface area contributed by atoms with Crippen molar-refractivity contribution in [2.45, 2.75) is 13.0 Å². The lowest BCUT2D eigenvalue weighted by atomic mass is 10.2. The fourth-order valence-electron chi connectivity index (χ4n) is 1.83. The van der Waals surface area contributed by atoms with E-state index in [1.165, 1.54) is 0 Å². The number of benzene rings is 1. The maximum atomic E-state index is 3.98. The van der Waals surface area contributed by atoms with Crippen LogP contribution in [0.2, 0.25) is 0 Å². The molecule has 1 heterocycles. The van der Waals surface area contributed by atoms with Crippen molar-refractivity contribution in [3.8, 4) is 0 Å². The molecule has 0 fully saturated rings. The van der Waals surface area contributed by atoms with Gasteiger partial charge in [0.05, 0.1) is 23.1 Å². The van der Waals surface area contributed by atoms with E-state index in [2.05, 4.69) is 55.4 Å². The highest BCUT2D eigenvalue weighted by Gasteiger charge is 2.10. The smallest absolute Gasteiger partial charge is 0.0652 e. The summed E-state index contributed by atoms with van der Waals surface area (Å²) in [4.78, 5) is 2.09. The summed E-state index contributed by atoms with van der Waals surface area (Å²) < 4.78 is 1.06. The van der Waals surface area contributed by atoms with Gasteiger partial charge in [-0.2, -0.15) is 5.10 Å². The van der Waals surface area contributed by atoms with Gasteiger partial charge in [-0.15, -0.1) is 0 Å². The van der Waals surface area contributed by atoms with Crippen LogP contribution in [0, 0.1) is 0 Å². The first-order valence-corrected chi connectivity index (χ1v) is 6.60. The maximum Gasteiger partial charge on any atom is 0.0652 e. The molecule has 2 aromatic rings. The molecular formula is C13H17BrN4. The quantitative estimate of drug-likeness (QED) is 0.909. The van der Waals surface area contributed by atoms with Crippen molar-refractivity contribution >= 4 is 27.3 Å². The summed E-state index contributed by atoms with van der Waals surface area (Å²) in [7, 11) is 4.07. The molecule has 1 aromatic carbocycles. The number of aromatic amines is 1. The molecule has 1 atom stereocenters. The van der Waals surface area contributed by atoms with Crippen molar-refractivity contribution in [2.24, 2.45) is 0 Å². The largest absolute Gasteiger partial charge is 0.376 e. The van der Waals surface area contributed by atoms with Crippen LogP contribution in [-0.2, 0) is 0 Å². The van der Waals surface area contributed by atoms with Gasteiger partial charge >= 0.3 is 0 Å². The molecule has 0 bridgehead atoms. The molecular weight excluding hydrogens is 292 g/mol. The third kappa shape index (κ3) is 2.85. The topological polar surface area (TPSA) is 44.0 Å². The minimum Gasteiger partial charge on any atom is -0.376 e.